The summed E-state index contributed by atoms with van der Waals surface area (Å²) in [5.41, 5.74) is 2.17. The standard InChI is InChI=1S/C21H31N3O/c1-13(2)18(19-14(3)5-4-6-22-19)23-20(25)24-21-10-15-7-16(11-21)9-17(8-15)12-21/h4-6,13,15-18H,7-12H2,1-3H3,(H2,23,24,25)/t15?,16?,17?,18-,21?/m1/s1. The molecule has 1 heterocycles. The summed E-state index contributed by atoms with van der Waals surface area (Å²) in [6.07, 6.45) is 9.54. The minimum Gasteiger partial charge on any atom is -0.333 e. The number of hydrogen-bond donors (Lipinski definition) is 2. The molecule has 1 atom stereocenters. The zero-order valence-electron chi connectivity index (χ0n) is 15.7. The second-order valence-electron chi connectivity index (χ2n) is 9.22. The Morgan fingerprint density at radius 3 is 2.28 bits per heavy atom. The van der Waals surface area contributed by atoms with Crippen LogP contribution in [0.5, 0.6) is 0 Å². The minimum absolute atomic E-state index is 0.00861. The fourth-order valence-corrected chi connectivity index (χ4v) is 6.06. The fraction of sp³-hybridized carbons (Fsp3) is 0.714. The van der Waals surface area contributed by atoms with Gasteiger partial charge in [-0.3, -0.25) is 4.98 Å². The van der Waals surface area contributed by atoms with Crippen molar-refractivity contribution in [3.8, 4) is 0 Å². The van der Waals surface area contributed by atoms with Gasteiger partial charge in [-0.05, 0) is 80.8 Å². The van der Waals surface area contributed by atoms with Gasteiger partial charge in [0.05, 0.1) is 11.7 Å². The molecule has 0 aliphatic heterocycles. The first-order chi connectivity index (χ1) is 11.9. The van der Waals surface area contributed by atoms with E-state index in [9.17, 15) is 4.79 Å². The number of rotatable bonds is 4. The first kappa shape index (κ1) is 16.9. The zero-order valence-corrected chi connectivity index (χ0v) is 15.7. The van der Waals surface area contributed by atoms with Crippen LogP contribution in [0, 0.1) is 30.6 Å². The van der Waals surface area contributed by atoms with Gasteiger partial charge in [-0.2, -0.15) is 0 Å². The molecule has 4 bridgehead atoms. The lowest BCUT2D eigenvalue weighted by Gasteiger charge is -2.56. The number of amides is 2. The number of carbonyl (C=O) groups excluding carboxylic acids is 1. The van der Waals surface area contributed by atoms with E-state index in [1.807, 2.05) is 12.3 Å². The Bertz CT molecular complexity index is 619. The summed E-state index contributed by atoms with van der Waals surface area (Å²) < 4.78 is 0. The monoisotopic (exact) mass is 341 g/mol. The van der Waals surface area contributed by atoms with Gasteiger partial charge >= 0.3 is 6.03 Å². The smallest absolute Gasteiger partial charge is 0.315 e. The van der Waals surface area contributed by atoms with Gasteiger partial charge in [-0.25, -0.2) is 4.79 Å². The molecule has 5 rings (SSSR count). The maximum atomic E-state index is 12.9. The Morgan fingerprint density at radius 2 is 1.76 bits per heavy atom. The van der Waals surface area contributed by atoms with Gasteiger partial charge in [-0.1, -0.05) is 19.9 Å². The number of aryl methyl sites for hydroxylation is 1. The molecule has 136 valence electrons. The number of urea groups is 1. The van der Waals surface area contributed by atoms with Crippen LogP contribution in [0.4, 0.5) is 4.79 Å². The SMILES string of the molecule is Cc1cccnc1[C@H](NC(=O)NC12CC3CC(CC(C3)C1)C2)C(C)C. The maximum Gasteiger partial charge on any atom is 0.315 e. The predicted molar refractivity (Wildman–Crippen MR) is 99.1 cm³/mol. The lowest BCUT2D eigenvalue weighted by Crippen LogP contribution is -2.61. The average molecular weight is 341 g/mol. The molecule has 4 aliphatic carbocycles. The summed E-state index contributed by atoms with van der Waals surface area (Å²) in [7, 11) is 0. The van der Waals surface area contributed by atoms with E-state index in [2.05, 4.69) is 42.5 Å². The third-order valence-electron chi connectivity index (χ3n) is 6.71. The van der Waals surface area contributed by atoms with Crippen molar-refractivity contribution in [2.45, 2.75) is 70.9 Å². The molecule has 2 N–H and O–H groups in total. The van der Waals surface area contributed by atoms with Crippen molar-refractivity contribution in [1.82, 2.24) is 15.6 Å². The van der Waals surface area contributed by atoms with Crippen molar-refractivity contribution in [3.05, 3.63) is 29.6 Å². The first-order valence-electron chi connectivity index (χ1n) is 9.94. The molecule has 1 aromatic heterocycles. The molecule has 0 aromatic carbocycles. The van der Waals surface area contributed by atoms with Crippen LogP contribution in [0.1, 0.15) is 69.7 Å². The van der Waals surface area contributed by atoms with E-state index in [0.29, 0.717) is 5.92 Å². The number of carbonyl (C=O) groups is 1. The van der Waals surface area contributed by atoms with Crippen molar-refractivity contribution in [2.24, 2.45) is 23.7 Å². The predicted octanol–water partition coefficient (Wildman–Crippen LogP) is 4.36. The Labute approximate surface area is 151 Å². The van der Waals surface area contributed by atoms with Crippen LogP contribution in [-0.2, 0) is 0 Å². The van der Waals surface area contributed by atoms with Gasteiger partial charge < -0.3 is 10.6 Å². The lowest BCUT2D eigenvalue weighted by molar-refractivity contribution is -0.0137. The fourth-order valence-electron chi connectivity index (χ4n) is 6.06. The van der Waals surface area contributed by atoms with E-state index in [4.69, 9.17) is 0 Å². The summed E-state index contributed by atoms with van der Waals surface area (Å²) in [6, 6.07) is 3.96. The molecule has 4 saturated carbocycles. The summed E-state index contributed by atoms with van der Waals surface area (Å²) in [5, 5.41) is 6.66. The van der Waals surface area contributed by atoms with Crippen LogP contribution in [0.2, 0.25) is 0 Å². The van der Waals surface area contributed by atoms with Crippen LogP contribution in [0.25, 0.3) is 0 Å². The molecule has 4 heteroatoms. The van der Waals surface area contributed by atoms with Gasteiger partial charge in [0.15, 0.2) is 0 Å². The second kappa shape index (κ2) is 6.30. The van der Waals surface area contributed by atoms with Crippen molar-refractivity contribution in [2.75, 3.05) is 0 Å². The highest BCUT2D eigenvalue weighted by Crippen LogP contribution is 2.55. The van der Waals surface area contributed by atoms with Crippen LogP contribution in [0.15, 0.2) is 18.3 Å². The largest absolute Gasteiger partial charge is 0.333 e. The summed E-state index contributed by atoms with van der Waals surface area (Å²) in [5.74, 6) is 2.82. The van der Waals surface area contributed by atoms with Gasteiger partial charge in [0, 0.05) is 11.7 Å². The lowest BCUT2D eigenvalue weighted by atomic mass is 9.53. The van der Waals surface area contributed by atoms with E-state index in [-0.39, 0.29) is 17.6 Å². The molecule has 0 saturated heterocycles. The van der Waals surface area contributed by atoms with Crippen LogP contribution in [-0.4, -0.2) is 16.6 Å². The molecule has 4 nitrogen and oxygen atoms in total. The minimum atomic E-state index is -0.0462. The van der Waals surface area contributed by atoms with Gasteiger partial charge in [-0.15, -0.1) is 0 Å². The van der Waals surface area contributed by atoms with Crippen molar-refractivity contribution in [1.29, 1.82) is 0 Å². The normalized spacial score (nSPS) is 34.2. The number of pyridine rings is 1. The van der Waals surface area contributed by atoms with Crippen LogP contribution >= 0.6 is 0 Å². The van der Waals surface area contributed by atoms with E-state index in [1.54, 1.807) is 0 Å². The van der Waals surface area contributed by atoms with Gasteiger partial charge in [0.2, 0.25) is 0 Å². The Balaban J connectivity index is 1.47. The highest BCUT2D eigenvalue weighted by Gasteiger charge is 2.51. The molecule has 2 amide bonds. The van der Waals surface area contributed by atoms with Crippen molar-refractivity contribution in [3.63, 3.8) is 0 Å². The van der Waals surface area contributed by atoms with Crippen molar-refractivity contribution >= 4 is 6.03 Å². The topological polar surface area (TPSA) is 54.0 Å². The Kier molecular flexibility index (Phi) is 4.25. The number of hydrogen-bond acceptors (Lipinski definition) is 2. The van der Waals surface area contributed by atoms with Crippen molar-refractivity contribution < 1.29 is 4.79 Å². The molecule has 25 heavy (non-hydrogen) atoms. The summed E-state index contributed by atoms with van der Waals surface area (Å²) in [4.78, 5) is 17.4. The van der Waals surface area contributed by atoms with Gasteiger partial charge in [0.25, 0.3) is 0 Å². The zero-order chi connectivity index (χ0) is 17.6. The van der Waals surface area contributed by atoms with E-state index in [0.717, 1.165) is 29.0 Å². The third-order valence-corrected chi connectivity index (χ3v) is 6.71. The third kappa shape index (κ3) is 3.28. The Hall–Kier alpha value is -1.58. The summed E-state index contributed by atoms with van der Waals surface area (Å²) >= 11 is 0. The number of aromatic nitrogens is 1. The van der Waals surface area contributed by atoms with Crippen LogP contribution in [0.3, 0.4) is 0 Å². The maximum absolute atomic E-state index is 12.9. The van der Waals surface area contributed by atoms with Gasteiger partial charge in [0.1, 0.15) is 0 Å². The molecule has 0 unspecified atom stereocenters. The quantitative estimate of drug-likeness (QED) is 0.855. The van der Waals surface area contributed by atoms with E-state index < -0.39 is 0 Å². The molecule has 4 aliphatic rings. The molecular weight excluding hydrogens is 310 g/mol. The van der Waals surface area contributed by atoms with Crippen LogP contribution < -0.4 is 10.6 Å². The van der Waals surface area contributed by atoms with E-state index >= 15 is 0 Å². The first-order valence-corrected chi connectivity index (χ1v) is 9.94. The van der Waals surface area contributed by atoms with E-state index in [1.165, 1.54) is 38.5 Å². The molecular formula is C21H31N3O. The average Bonchev–Trinajstić information content (AvgIpc) is 2.51. The molecule has 1 aromatic rings. The molecule has 0 radical (unpaired) electrons. The number of nitrogens with one attached hydrogen (secondary N) is 2. The highest BCUT2D eigenvalue weighted by atomic mass is 16.2. The summed E-state index contributed by atoms with van der Waals surface area (Å²) in [6.45, 7) is 6.35. The highest BCUT2D eigenvalue weighted by molar-refractivity contribution is 5.75. The molecule has 4 fully saturated rings. The number of nitrogens with zero attached hydrogens (tertiary/aromatic N) is 1. The molecule has 0 spiro atoms. The Morgan fingerprint density at radius 1 is 1.16 bits per heavy atom. The second-order valence-corrected chi connectivity index (χ2v) is 9.22.